The van der Waals surface area contributed by atoms with Gasteiger partial charge in [-0.05, 0) is 56.3 Å². The van der Waals surface area contributed by atoms with Crippen LogP contribution in [0.15, 0.2) is 18.2 Å². The van der Waals surface area contributed by atoms with Crippen molar-refractivity contribution in [2.24, 2.45) is 0 Å². The zero-order valence-electron chi connectivity index (χ0n) is 26.3. The number of nitrogens with zero attached hydrogens (tertiary/aromatic N) is 5. The maximum Gasteiger partial charge on any atom is 0.409 e. The Kier molecular flexibility index (Phi) is 8.01. The predicted molar refractivity (Wildman–Crippen MR) is 180 cm³/mol. The van der Waals surface area contributed by atoms with E-state index in [9.17, 15) is 19.6 Å². The number of benzene rings is 2. The molecule has 2 N–H and O–H groups in total. The summed E-state index contributed by atoms with van der Waals surface area (Å²) in [5.41, 5.74) is -1.07. The van der Waals surface area contributed by atoms with Gasteiger partial charge in [-0.25, -0.2) is 18.0 Å². The molecule has 1 amide bonds. The van der Waals surface area contributed by atoms with Crippen molar-refractivity contribution >= 4 is 60.8 Å². The van der Waals surface area contributed by atoms with E-state index in [1.54, 1.807) is 6.07 Å². The Balaban J connectivity index is 1.29. The highest BCUT2D eigenvalue weighted by molar-refractivity contribution is 7.23. The van der Waals surface area contributed by atoms with Gasteiger partial charge in [0.25, 0.3) is 0 Å². The molecule has 10 nitrogen and oxygen atoms in total. The molecule has 6 heterocycles. The highest BCUT2D eigenvalue weighted by atomic mass is 35.5. The van der Waals surface area contributed by atoms with Gasteiger partial charge in [-0.1, -0.05) is 17.7 Å². The van der Waals surface area contributed by atoms with Crippen molar-refractivity contribution in [3.8, 4) is 23.2 Å². The van der Waals surface area contributed by atoms with E-state index >= 15 is 8.78 Å². The summed E-state index contributed by atoms with van der Waals surface area (Å²) >= 11 is 7.61. The Labute approximate surface area is 288 Å². The van der Waals surface area contributed by atoms with E-state index in [0.717, 1.165) is 62.5 Å². The molecular weight excluding hydrogens is 681 g/mol. The van der Waals surface area contributed by atoms with Crippen LogP contribution in [-0.2, 0) is 4.74 Å². The number of ether oxygens (including phenoxy) is 2. The minimum Gasteiger partial charge on any atom is -0.465 e. The number of amides is 1. The van der Waals surface area contributed by atoms with E-state index in [0.29, 0.717) is 43.9 Å². The molecule has 2 aromatic carbocycles. The summed E-state index contributed by atoms with van der Waals surface area (Å²) in [6.07, 6.45) is 3.29. The molecule has 4 aromatic rings. The van der Waals surface area contributed by atoms with Gasteiger partial charge < -0.3 is 19.5 Å². The molecule has 0 radical (unpaired) electrons. The molecule has 4 aliphatic heterocycles. The van der Waals surface area contributed by atoms with Crippen molar-refractivity contribution in [1.82, 2.24) is 14.9 Å². The zero-order valence-corrected chi connectivity index (χ0v) is 27.9. The van der Waals surface area contributed by atoms with E-state index in [4.69, 9.17) is 26.1 Å². The Morgan fingerprint density at radius 1 is 1.22 bits per heavy atom. The zero-order chi connectivity index (χ0) is 34.1. The van der Waals surface area contributed by atoms with Gasteiger partial charge in [-0.2, -0.15) is 15.2 Å². The molecule has 4 aliphatic rings. The first-order valence-corrected chi connectivity index (χ1v) is 17.6. The lowest BCUT2D eigenvalue weighted by Crippen LogP contribution is -2.51. The first-order chi connectivity index (χ1) is 23.6. The summed E-state index contributed by atoms with van der Waals surface area (Å²) in [7, 11) is 0. The summed E-state index contributed by atoms with van der Waals surface area (Å²) < 4.78 is 59.1. The summed E-state index contributed by atoms with van der Waals surface area (Å²) in [5.74, 6) is -1.10. The van der Waals surface area contributed by atoms with E-state index in [-0.39, 0.29) is 60.5 Å². The van der Waals surface area contributed by atoms with E-state index in [2.05, 4.69) is 20.1 Å². The quantitative estimate of drug-likeness (QED) is 0.209. The van der Waals surface area contributed by atoms with Gasteiger partial charge in [-0.15, -0.1) is 11.3 Å². The molecule has 0 bridgehead atoms. The second-order valence-electron chi connectivity index (χ2n) is 13.4. The number of aromatic nitrogens is 2. The van der Waals surface area contributed by atoms with Crippen LogP contribution in [0.1, 0.15) is 50.5 Å². The molecule has 2 aromatic heterocycles. The highest BCUT2D eigenvalue weighted by Gasteiger charge is 2.49. The number of hydrogen-bond acceptors (Lipinski definition) is 9. The molecule has 8 rings (SSSR count). The van der Waals surface area contributed by atoms with Gasteiger partial charge in [0.1, 0.15) is 41.0 Å². The molecule has 0 aliphatic carbocycles. The topological polar surface area (TPSA) is 124 Å². The van der Waals surface area contributed by atoms with Gasteiger partial charge >= 0.3 is 12.1 Å². The van der Waals surface area contributed by atoms with Gasteiger partial charge in [0.2, 0.25) is 0 Å². The minimum atomic E-state index is -1.43. The first-order valence-electron chi connectivity index (χ1n) is 16.4. The Morgan fingerprint density at radius 2 is 2.06 bits per heavy atom. The molecule has 4 saturated heterocycles. The van der Waals surface area contributed by atoms with Crippen LogP contribution in [0.5, 0.6) is 6.01 Å². The summed E-state index contributed by atoms with van der Waals surface area (Å²) in [6.45, 7) is 3.13. The molecule has 3 atom stereocenters. The molecule has 49 heavy (non-hydrogen) atoms. The molecule has 0 saturated carbocycles. The lowest BCUT2D eigenvalue weighted by atomic mass is 9.89. The number of rotatable bonds is 6. The van der Waals surface area contributed by atoms with Crippen LogP contribution in [0.25, 0.3) is 32.1 Å². The third-order valence-corrected chi connectivity index (χ3v) is 11.9. The Bertz CT molecular complexity index is 2050. The van der Waals surface area contributed by atoms with Crippen molar-refractivity contribution in [2.75, 3.05) is 49.6 Å². The van der Waals surface area contributed by atoms with E-state index in [1.807, 2.05) is 6.07 Å². The Hall–Kier alpha value is -3.90. The molecular formula is C34H32ClF3N6O4S. The van der Waals surface area contributed by atoms with Crippen LogP contribution in [-0.4, -0.2) is 82.8 Å². The first kappa shape index (κ1) is 32.3. The second kappa shape index (κ2) is 12.2. The van der Waals surface area contributed by atoms with Crippen molar-refractivity contribution in [2.45, 2.75) is 62.3 Å². The lowest BCUT2D eigenvalue weighted by Gasteiger charge is -2.44. The fraction of sp³-hybridized carbons (Fsp3) is 0.471. The van der Waals surface area contributed by atoms with Gasteiger partial charge in [0.05, 0.1) is 33.0 Å². The second-order valence-corrected chi connectivity index (χ2v) is 14.9. The number of alkyl halides is 1. The minimum absolute atomic E-state index is 0.0240. The fourth-order valence-corrected chi connectivity index (χ4v) is 9.55. The molecule has 256 valence electrons. The largest absolute Gasteiger partial charge is 0.465 e. The van der Waals surface area contributed by atoms with Crippen molar-refractivity contribution in [3.05, 3.63) is 40.4 Å². The number of thiophene rings is 1. The number of hydrogen-bond donors (Lipinski definition) is 2. The van der Waals surface area contributed by atoms with Gasteiger partial charge in [0.15, 0.2) is 5.82 Å². The third kappa shape index (κ3) is 5.42. The standard InChI is InChI=1S/C34H32ClF3N6O4S/c35-22-12-20-27(26(38)25(22)19-4-5-23(37)28-24(19)21(14-39)30(49-28)42-32(45)46)40-31(47-17-33-6-3-10-44(33)15-18(36)13-33)41-29(20)43-9-2-1-7-34(16-43)8-11-48-34/h4-5,12,18,42H,1-3,6-11,13,15-17H2,(H,45,46)/t18-,33+,34?/m1/s1. The van der Waals surface area contributed by atoms with Crippen LogP contribution in [0, 0.1) is 23.0 Å². The molecule has 1 unspecified atom stereocenters. The monoisotopic (exact) mass is 712 g/mol. The molecule has 4 fully saturated rings. The van der Waals surface area contributed by atoms with Crippen LogP contribution in [0.4, 0.5) is 28.8 Å². The van der Waals surface area contributed by atoms with Crippen LogP contribution >= 0.6 is 22.9 Å². The van der Waals surface area contributed by atoms with Crippen molar-refractivity contribution in [3.63, 3.8) is 0 Å². The summed E-state index contributed by atoms with van der Waals surface area (Å²) in [4.78, 5) is 25.0. The number of carbonyl (C=O) groups is 1. The smallest absolute Gasteiger partial charge is 0.409 e. The highest BCUT2D eigenvalue weighted by Crippen LogP contribution is 2.47. The summed E-state index contributed by atoms with van der Waals surface area (Å²) in [5, 5.41) is 21.8. The van der Waals surface area contributed by atoms with Crippen LogP contribution in [0.2, 0.25) is 5.02 Å². The average molecular weight is 713 g/mol. The van der Waals surface area contributed by atoms with Crippen LogP contribution in [0.3, 0.4) is 0 Å². The lowest BCUT2D eigenvalue weighted by molar-refractivity contribution is -0.143. The predicted octanol–water partition coefficient (Wildman–Crippen LogP) is 7.51. The normalized spacial score (nSPS) is 25.4. The van der Waals surface area contributed by atoms with Crippen molar-refractivity contribution in [1.29, 1.82) is 5.26 Å². The van der Waals surface area contributed by atoms with Crippen LogP contribution < -0.4 is 15.0 Å². The van der Waals surface area contributed by atoms with Gasteiger partial charge in [-0.3, -0.25) is 10.2 Å². The van der Waals surface area contributed by atoms with Gasteiger partial charge in [0, 0.05) is 48.8 Å². The van der Waals surface area contributed by atoms with E-state index < -0.39 is 29.4 Å². The maximum atomic E-state index is 17.1. The summed E-state index contributed by atoms with van der Waals surface area (Å²) in [6, 6.07) is 5.90. The average Bonchev–Trinajstić information content (AvgIpc) is 3.63. The Morgan fingerprint density at radius 3 is 2.82 bits per heavy atom. The number of halogens is 4. The number of nitriles is 1. The molecule has 15 heteroatoms. The number of carboxylic acid groups (broad SMARTS) is 1. The maximum absolute atomic E-state index is 17.1. The SMILES string of the molecule is N#Cc1c(NC(=O)O)sc2c(F)ccc(-c3c(Cl)cc4c(N5CCCCC6(CCO6)C5)nc(OC[C@@]56CCCN5C[C@H](F)C6)nc4c3F)c12. The molecule has 1 spiro atoms. The van der Waals surface area contributed by atoms with Crippen molar-refractivity contribution < 1.29 is 32.5 Å². The number of nitrogens with one attached hydrogen (secondary N) is 1. The number of anilines is 2. The van der Waals surface area contributed by atoms with E-state index in [1.165, 1.54) is 6.07 Å². The fourth-order valence-electron chi connectivity index (χ4n) is 8.18. The third-order valence-electron chi connectivity index (χ3n) is 10.5. The number of fused-ring (bicyclic) bond motifs is 3.